The molecule has 3 N–H and O–H groups in total. The molecule has 0 saturated carbocycles. The number of anilines is 2. The summed E-state index contributed by atoms with van der Waals surface area (Å²) in [5.74, 6) is 1.26. The maximum Gasteiger partial charge on any atom is 0.262 e. The van der Waals surface area contributed by atoms with Crippen molar-refractivity contribution in [3.8, 4) is 5.75 Å². The molecule has 0 aliphatic carbocycles. The number of ether oxygens (including phenoxy) is 1. The smallest absolute Gasteiger partial charge is 0.262 e. The minimum atomic E-state index is -0.164. The van der Waals surface area contributed by atoms with Gasteiger partial charge in [0.15, 0.2) is 10.9 Å². The molecule has 2 heterocycles. The Labute approximate surface area is 123 Å². The van der Waals surface area contributed by atoms with Crippen molar-refractivity contribution >= 4 is 40.6 Å². The molecular weight excluding hydrogens is 296 g/mol. The van der Waals surface area contributed by atoms with Crippen molar-refractivity contribution in [3.63, 3.8) is 0 Å². The maximum absolute atomic E-state index is 11.3. The number of benzene rings is 1. The van der Waals surface area contributed by atoms with Crippen LogP contribution in [0.2, 0.25) is 0 Å². The van der Waals surface area contributed by atoms with Crippen LogP contribution in [0.4, 0.5) is 11.4 Å². The SMILES string of the molecule is CCc1nsc(Sc2cc3c(cc2N)OCC(=O)N3)n1. The van der Waals surface area contributed by atoms with Crippen LogP contribution in [0, 0.1) is 0 Å². The van der Waals surface area contributed by atoms with E-state index in [4.69, 9.17) is 10.5 Å². The van der Waals surface area contributed by atoms with E-state index < -0.39 is 0 Å². The fourth-order valence-electron chi connectivity index (χ4n) is 1.73. The van der Waals surface area contributed by atoms with Crippen LogP contribution in [-0.2, 0) is 11.2 Å². The van der Waals surface area contributed by atoms with E-state index in [0.717, 1.165) is 21.5 Å². The highest BCUT2D eigenvalue weighted by Gasteiger charge is 2.19. The summed E-state index contributed by atoms with van der Waals surface area (Å²) in [6.07, 6.45) is 0.806. The van der Waals surface area contributed by atoms with Crippen molar-refractivity contribution in [1.29, 1.82) is 0 Å². The third kappa shape index (κ3) is 2.56. The molecule has 1 aliphatic heterocycles. The Morgan fingerprint density at radius 2 is 2.40 bits per heavy atom. The van der Waals surface area contributed by atoms with Gasteiger partial charge >= 0.3 is 0 Å². The minimum absolute atomic E-state index is 0.0230. The largest absolute Gasteiger partial charge is 0.482 e. The number of aromatic nitrogens is 2. The molecule has 1 aromatic carbocycles. The number of nitrogens with zero attached hydrogens (tertiary/aromatic N) is 2. The lowest BCUT2D eigenvalue weighted by atomic mass is 10.2. The Kier molecular flexibility index (Phi) is 3.49. The summed E-state index contributed by atoms with van der Waals surface area (Å²) in [5, 5.41) is 2.76. The van der Waals surface area contributed by atoms with E-state index in [9.17, 15) is 4.79 Å². The number of amides is 1. The monoisotopic (exact) mass is 308 g/mol. The van der Waals surface area contributed by atoms with Gasteiger partial charge in [0.05, 0.1) is 5.69 Å². The Morgan fingerprint density at radius 3 is 3.15 bits per heavy atom. The van der Waals surface area contributed by atoms with E-state index in [1.807, 2.05) is 6.92 Å². The number of nitrogen functional groups attached to an aromatic ring is 1. The van der Waals surface area contributed by atoms with Gasteiger partial charge < -0.3 is 15.8 Å². The van der Waals surface area contributed by atoms with Gasteiger partial charge in [-0.25, -0.2) is 4.98 Å². The average molecular weight is 308 g/mol. The van der Waals surface area contributed by atoms with Crippen molar-refractivity contribution < 1.29 is 9.53 Å². The van der Waals surface area contributed by atoms with Crippen LogP contribution in [0.25, 0.3) is 0 Å². The topological polar surface area (TPSA) is 90.1 Å². The molecule has 104 valence electrons. The molecule has 1 aromatic heterocycles. The minimum Gasteiger partial charge on any atom is -0.482 e. The van der Waals surface area contributed by atoms with Crippen molar-refractivity contribution in [2.75, 3.05) is 17.7 Å². The summed E-state index contributed by atoms with van der Waals surface area (Å²) in [4.78, 5) is 16.5. The second-order valence-corrected chi connectivity index (χ2v) is 6.20. The molecule has 0 atom stereocenters. The Hall–Kier alpha value is -1.80. The van der Waals surface area contributed by atoms with E-state index in [1.165, 1.54) is 23.3 Å². The van der Waals surface area contributed by atoms with E-state index in [2.05, 4.69) is 14.7 Å². The number of nitrogens with two attached hydrogens (primary N) is 1. The van der Waals surface area contributed by atoms with Gasteiger partial charge in [0, 0.05) is 23.1 Å². The molecule has 0 radical (unpaired) electrons. The third-order valence-corrected chi connectivity index (χ3v) is 4.57. The highest BCUT2D eigenvalue weighted by Crippen LogP contribution is 2.40. The average Bonchev–Trinajstić information content (AvgIpc) is 2.88. The molecule has 3 rings (SSSR count). The van der Waals surface area contributed by atoms with Crippen LogP contribution in [0.1, 0.15) is 12.7 Å². The first-order chi connectivity index (χ1) is 9.65. The zero-order chi connectivity index (χ0) is 14.1. The standard InChI is InChI=1S/C12H12N4O2S2/c1-2-10-15-12(20-16-10)19-9-4-7-8(3-6(9)13)18-5-11(17)14-7/h3-4H,2,5,13H2,1H3,(H,14,17). The van der Waals surface area contributed by atoms with Gasteiger partial charge in [-0.1, -0.05) is 18.7 Å². The number of aryl methyl sites for hydroxylation is 1. The summed E-state index contributed by atoms with van der Waals surface area (Å²) in [7, 11) is 0. The van der Waals surface area contributed by atoms with Gasteiger partial charge in [0.25, 0.3) is 5.91 Å². The molecule has 2 aromatic rings. The van der Waals surface area contributed by atoms with Crippen molar-refractivity contribution in [1.82, 2.24) is 9.36 Å². The van der Waals surface area contributed by atoms with Crippen molar-refractivity contribution in [3.05, 3.63) is 18.0 Å². The first-order valence-electron chi connectivity index (χ1n) is 6.02. The molecule has 0 saturated heterocycles. The van der Waals surface area contributed by atoms with Gasteiger partial charge in [-0.3, -0.25) is 4.79 Å². The number of carbonyl (C=O) groups is 1. The zero-order valence-corrected chi connectivity index (χ0v) is 12.3. The molecule has 1 amide bonds. The van der Waals surface area contributed by atoms with E-state index in [0.29, 0.717) is 17.1 Å². The van der Waals surface area contributed by atoms with Crippen LogP contribution in [-0.4, -0.2) is 21.9 Å². The first kappa shape index (κ1) is 13.2. The lowest BCUT2D eigenvalue weighted by Gasteiger charge is -2.19. The summed E-state index contributed by atoms with van der Waals surface area (Å²) in [5.41, 5.74) is 7.24. The molecule has 0 bridgehead atoms. The predicted octanol–water partition coefficient (Wildman–Crippen LogP) is 2.16. The zero-order valence-electron chi connectivity index (χ0n) is 10.7. The Balaban J connectivity index is 1.89. The highest BCUT2D eigenvalue weighted by molar-refractivity contribution is 8.01. The molecule has 8 heteroatoms. The summed E-state index contributed by atoms with van der Waals surface area (Å²) >= 11 is 2.78. The second-order valence-electron chi connectivity index (χ2n) is 4.16. The summed E-state index contributed by atoms with van der Waals surface area (Å²) < 4.78 is 10.4. The lowest BCUT2D eigenvalue weighted by molar-refractivity contribution is -0.118. The molecule has 0 unspecified atom stereocenters. The van der Waals surface area contributed by atoms with Gasteiger partial charge in [-0.2, -0.15) is 4.37 Å². The molecule has 1 aliphatic rings. The van der Waals surface area contributed by atoms with E-state index >= 15 is 0 Å². The van der Waals surface area contributed by atoms with Crippen LogP contribution in [0.3, 0.4) is 0 Å². The molecule has 0 spiro atoms. The fraction of sp³-hybridized carbons (Fsp3) is 0.250. The van der Waals surface area contributed by atoms with Crippen LogP contribution < -0.4 is 15.8 Å². The van der Waals surface area contributed by atoms with Crippen LogP contribution in [0.5, 0.6) is 5.75 Å². The number of hydrogen-bond acceptors (Lipinski definition) is 7. The quantitative estimate of drug-likeness (QED) is 0.845. The lowest BCUT2D eigenvalue weighted by Crippen LogP contribution is -2.25. The second kappa shape index (κ2) is 5.29. The van der Waals surface area contributed by atoms with E-state index in [-0.39, 0.29) is 12.5 Å². The predicted molar refractivity (Wildman–Crippen MR) is 78.4 cm³/mol. The number of fused-ring (bicyclic) bond motifs is 1. The Bertz CT molecular complexity index is 671. The van der Waals surface area contributed by atoms with Gasteiger partial charge in [0.2, 0.25) is 0 Å². The number of rotatable bonds is 3. The Morgan fingerprint density at radius 1 is 1.55 bits per heavy atom. The summed E-state index contributed by atoms with van der Waals surface area (Å²) in [6, 6.07) is 3.53. The van der Waals surface area contributed by atoms with Gasteiger partial charge in [-0.05, 0) is 17.6 Å². The first-order valence-corrected chi connectivity index (χ1v) is 7.61. The van der Waals surface area contributed by atoms with Gasteiger partial charge in [-0.15, -0.1) is 0 Å². The van der Waals surface area contributed by atoms with Gasteiger partial charge in [0.1, 0.15) is 11.6 Å². The highest BCUT2D eigenvalue weighted by atomic mass is 32.2. The number of nitrogens with one attached hydrogen (secondary N) is 1. The maximum atomic E-state index is 11.3. The fourth-order valence-corrected chi connectivity index (χ4v) is 3.45. The summed E-state index contributed by atoms with van der Waals surface area (Å²) in [6.45, 7) is 2.03. The number of hydrogen-bond donors (Lipinski definition) is 2. The molecule has 6 nitrogen and oxygen atoms in total. The molecule has 0 fully saturated rings. The van der Waals surface area contributed by atoms with E-state index in [1.54, 1.807) is 12.1 Å². The van der Waals surface area contributed by atoms with Crippen LogP contribution >= 0.6 is 23.3 Å². The normalized spacial score (nSPS) is 13.6. The van der Waals surface area contributed by atoms with Crippen LogP contribution in [0.15, 0.2) is 21.4 Å². The molecular formula is C12H12N4O2S2. The third-order valence-electron chi connectivity index (χ3n) is 2.71. The van der Waals surface area contributed by atoms with Crippen molar-refractivity contribution in [2.24, 2.45) is 0 Å². The number of carbonyl (C=O) groups excluding carboxylic acids is 1. The molecule has 20 heavy (non-hydrogen) atoms. The van der Waals surface area contributed by atoms with Crippen molar-refractivity contribution in [2.45, 2.75) is 22.6 Å².